The Morgan fingerprint density at radius 1 is 1.20 bits per heavy atom. The van der Waals surface area contributed by atoms with Crippen LogP contribution in [-0.2, 0) is 0 Å². The van der Waals surface area contributed by atoms with E-state index in [0.29, 0.717) is 6.61 Å². The molecule has 0 radical (unpaired) electrons. The highest BCUT2D eigenvalue weighted by Gasteiger charge is 2.19. The van der Waals surface area contributed by atoms with Crippen LogP contribution >= 0.6 is 0 Å². The van der Waals surface area contributed by atoms with Gasteiger partial charge in [0.25, 0.3) is 0 Å². The molecule has 1 atom stereocenters. The summed E-state index contributed by atoms with van der Waals surface area (Å²) in [5.41, 5.74) is 3.24. The first kappa shape index (κ1) is 16.5. The third-order valence-corrected chi connectivity index (χ3v) is 3.72. The fraction of sp³-hybridized carbons (Fsp3) is 0.588. The van der Waals surface area contributed by atoms with E-state index < -0.39 is 5.54 Å². The minimum absolute atomic E-state index is 0.421. The average Bonchev–Trinajstić information content (AvgIpc) is 2.40. The lowest BCUT2D eigenvalue weighted by molar-refractivity contribution is 0.294. The Kier molecular flexibility index (Phi) is 6.04. The van der Waals surface area contributed by atoms with Crippen molar-refractivity contribution in [3.63, 3.8) is 0 Å². The van der Waals surface area contributed by atoms with Crippen LogP contribution in [0.1, 0.15) is 42.9 Å². The van der Waals surface area contributed by atoms with Gasteiger partial charge in [-0.25, -0.2) is 0 Å². The summed E-state index contributed by atoms with van der Waals surface area (Å²) in [6.45, 7) is 8.91. The second-order valence-electron chi connectivity index (χ2n) is 5.73. The van der Waals surface area contributed by atoms with Crippen LogP contribution in [0.4, 0.5) is 0 Å². The van der Waals surface area contributed by atoms with Gasteiger partial charge in [-0.05, 0) is 65.1 Å². The van der Waals surface area contributed by atoms with Gasteiger partial charge in [-0.2, -0.15) is 5.26 Å². The predicted octanol–water partition coefficient (Wildman–Crippen LogP) is 3.66. The van der Waals surface area contributed by atoms with Gasteiger partial charge in [0.15, 0.2) is 0 Å². The van der Waals surface area contributed by atoms with Gasteiger partial charge in [-0.3, -0.25) is 0 Å². The predicted molar refractivity (Wildman–Crippen MR) is 83.1 cm³/mol. The number of benzene rings is 1. The van der Waals surface area contributed by atoms with E-state index in [9.17, 15) is 0 Å². The second-order valence-corrected chi connectivity index (χ2v) is 5.73. The summed E-state index contributed by atoms with van der Waals surface area (Å²) < 4.78 is 5.90. The lowest BCUT2D eigenvalue weighted by atomic mass is 9.97. The second kappa shape index (κ2) is 7.31. The SMILES string of the molecule is CNC(C)(C#N)CCCCOc1c(C)cc(C)cc1C. The lowest BCUT2D eigenvalue weighted by Crippen LogP contribution is -2.37. The summed E-state index contributed by atoms with van der Waals surface area (Å²) in [6, 6.07) is 6.61. The van der Waals surface area contributed by atoms with E-state index in [1.165, 1.54) is 16.7 Å². The zero-order chi connectivity index (χ0) is 15.2. The quantitative estimate of drug-likeness (QED) is 0.772. The van der Waals surface area contributed by atoms with Crippen molar-refractivity contribution < 1.29 is 4.74 Å². The number of unbranched alkanes of at least 4 members (excludes halogenated alkanes) is 1. The summed E-state index contributed by atoms with van der Waals surface area (Å²) in [6.07, 6.45) is 2.79. The molecule has 0 aliphatic heterocycles. The molecular formula is C17H26N2O. The van der Waals surface area contributed by atoms with Crippen LogP contribution in [0.2, 0.25) is 0 Å². The number of hydrogen-bond donors (Lipinski definition) is 1. The first-order valence-corrected chi connectivity index (χ1v) is 7.22. The normalized spacial score (nSPS) is 13.6. The summed E-state index contributed by atoms with van der Waals surface area (Å²) >= 11 is 0. The van der Waals surface area contributed by atoms with Crippen molar-refractivity contribution in [3.05, 3.63) is 28.8 Å². The summed E-state index contributed by atoms with van der Waals surface area (Å²) in [7, 11) is 1.83. The van der Waals surface area contributed by atoms with Crippen molar-refractivity contribution in [2.45, 2.75) is 52.5 Å². The van der Waals surface area contributed by atoms with Crippen molar-refractivity contribution >= 4 is 0 Å². The maximum Gasteiger partial charge on any atom is 0.125 e. The van der Waals surface area contributed by atoms with Crippen molar-refractivity contribution in [1.82, 2.24) is 5.32 Å². The van der Waals surface area contributed by atoms with Gasteiger partial charge in [0.05, 0.1) is 12.7 Å². The van der Waals surface area contributed by atoms with E-state index in [1.54, 1.807) is 0 Å². The van der Waals surface area contributed by atoms with E-state index in [-0.39, 0.29) is 0 Å². The molecule has 0 saturated heterocycles. The maximum atomic E-state index is 9.07. The van der Waals surface area contributed by atoms with Crippen molar-refractivity contribution in [2.24, 2.45) is 0 Å². The molecule has 20 heavy (non-hydrogen) atoms. The standard InChI is InChI=1S/C17H26N2O/c1-13-10-14(2)16(15(3)11-13)20-9-7-6-8-17(4,12-18)19-5/h10-11,19H,6-9H2,1-5H3. The fourth-order valence-corrected chi connectivity index (χ4v) is 2.39. The Balaban J connectivity index is 2.41. The molecule has 3 heteroatoms. The van der Waals surface area contributed by atoms with E-state index in [1.807, 2.05) is 14.0 Å². The topological polar surface area (TPSA) is 45.0 Å². The van der Waals surface area contributed by atoms with Gasteiger partial charge in [0, 0.05) is 0 Å². The number of hydrogen-bond acceptors (Lipinski definition) is 3. The van der Waals surface area contributed by atoms with Gasteiger partial charge >= 0.3 is 0 Å². The molecule has 0 fully saturated rings. The molecule has 3 nitrogen and oxygen atoms in total. The minimum Gasteiger partial charge on any atom is -0.493 e. The van der Waals surface area contributed by atoms with E-state index in [0.717, 1.165) is 25.0 Å². The van der Waals surface area contributed by atoms with Crippen LogP contribution in [0.15, 0.2) is 12.1 Å². The van der Waals surface area contributed by atoms with Gasteiger partial charge in [0.2, 0.25) is 0 Å². The van der Waals surface area contributed by atoms with Gasteiger partial charge < -0.3 is 10.1 Å². The first-order valence-electron chi connectivity index (χ1n) is 7.22. The molecule has 1 rings (SSSR count). The highest BCUT2D eigenvalue weighted by Crippen LogP contribution is 2.24. The highest BCUT2D eigenvalue weighted by molar-refractivity contribution is 5.42. The maximum absolute atomic E-state index is 9.07. The average molecular weight is 274 g/mol. The monoisotopic (exact) mass is 274 g/mol. The van der Waals surface area contributed by atoms with Crippen LogP contribution in [0, 0.1) is 32.1 Å². The largest absolute Gasteiger partial charge is 0.493 e. The molecule has 1 aromatic rings. The van der Waals surface area contributed by atoms with Crippen molar-refractivity contribution in [1.29, 1.82) is 5.26 Å². The number of aryl methyl sites for hydroxylation is 3. The Labute approximate surface area is 123 Å². The number of ether oxygens (including phenoxy) is 1. The zero-order valence-electron chi connectivity index (χ0n) is 13.3. The van der Waals surface area contributed by atoms with Crippen LogP contribution < -0.4 is 10.1 Å². The molecular weight excluding hydrogens is 248 g/mol. The van der Waals surface area contributed by atoms with Crippen molar-refractivity contribution in [2.75, 3.05) is 13.7 Å². The Hall–Kier alpha value is -1.53. The van der Waals surface area contributed by atoms with E-state index in [4.69, 9.17) is 10.00 Å². The smallest absolute Gasteiger partial charge is 0.125 e. The molecule has 0 bridgehead atoms. The van der Waals surface area contributed by atoms with E-state index >= 15 is 0 Å². The van der Waals surface area contributed by atoms with Crippen LogP contribution in [-0.4, -0.2) is 19.2 Å². The summed E-state index contributed by atoms with van der Waals surface area (Å²) in [5.74, 6) is 1.01. The number of nitrogens with one attached hydrogen (secondary N) is 1. The van der Waals surface area contributed by atoms with E-state index in [2.05, 4.69) is 44.3 Å². The van der Waals surface area contributed by atoms with Crippen LogP contribution in [0.3, 0.4) is 0 Å². The molecule has 0 amide bonds. The summed E-state index contributed by atoms with van der Waals surface area (Å²) in [5, 5.41) is 12.1. The Morgan fingerprint density at radius 3 is 2.30 bits per heavy atom. The minimum atomic E-state index is -0.421. The molecule has 0 heterocycles. The lowest BCUT2D eigenvalue weighted by Gasteiger charge is -2.20. The molecule has 0 saturated carbocycles. The number of nitrogens with zero attached hydrogens (tertiary/aromatic N) is 1. The van der Waals surface area contributed by atoms with Gasteiger partial charge in [-0.15, -0.1) is 0 Å². The van der Waals surface area contributed by atoms with Crippen molar-refractivity contribution in [3.8, 4) is 11.8 Å². The molecule has 1 aromatic carbocycles. The molecule has 110 valence electrons. The van der Waals surface area contributed by atoms with Crippen LogP contribution in [0.25, 0.3) is 0 Å². The third kappa shape index (κ3) is 4.54. The molecule has 1 N–H and O–H groups in total. The molecule has 0 aromatic heterocycles. The number of nitriles is 1. The first-order chi connectivity index (χ1) is 9.41. The highest BCUT2D eigenvalue weighted by atomic mass is 16.5. The molecule has 1 unspecified atom stereocenters. The molecule has 0 aliphatic rings. The zero-order valence-corrected chi connectivity index (χ0v) is 13.3. The van der Waals surface area contributed by atoms with Gasteiger partial charge in [-0.1, -0.05) is 17.7 Å². The fourth-order valence-electron chi connectivity index (χ4n) is 2.39. The molecule has 0 aliphatic carbocycles. The third-order valence-electron chi connectivity index (χ3n) is 3.72. The summed E-state index contributed by atoms with van der Waals surface area (Å²) in [4.78, 5) is 0. The molecule has 0 spiro atoms. The Morgan fingerprint density at radius 2 is 1.80 bits per heavy atom. The number of rotatable bonds is 7. The Bertz CT molecular complexity index is 467. The van der Waals surface area contributed by atoms with Crippen LogP contribution in [0.5, 0.6) is 5.75 Å². The van der Waals surface area contributed by atoms with Gasteiger partial charge in [0.1, 0.15) is 11.3 Å².